The summed E-state index contributed by atoms with van der Waals surface area (Å²) < 4.78 is 0. The molecule has 1 amide bonds. The molecule has 4 nitrogen and oxygen atoms in total. The number of anilines is 1. The SMILES string of the molecule is CCCCCCCCCCCCC(=O)Nc1c(C)c(O)c(C)c(C)c1O. The van der Waals surface area contributed by atoms with Crippen molar-refractivity contribution in [2.45, 2.75) is 98.3 Å². The molecule has 0 heterocycles. The molecule has 1 aromatic carbocycles. The molecule has 4 heteroatoms. The lowest BCUT2D eigenvalue weighted by Gasteiger charge is -2.16. The monoisotopic (exact) mass is 363 g/mol. The van der Waals surface area contributed by atoms with Gasteiger partial charge in [0.25, 0.3) is 0 Å². The molecular weight excluding hydrogens is 326 g/mol. The van der Waals surface area contributed by atoms with Gasteiger partial charge in [-0.2, -0.15) is 0 Å². The van der Waals surface area contributed by atoms with E-state index in [0.717, 1.165) is 12.8 Å². The van der Waals surface area contributed by atoms with Crippen molar-refractivity contribution in [3.63, 3.8) is 0 Å². The van der Waals surface area contributed by atoms with E-state index in [-0.39, 0.29) is 17.4 Å². The third kappa shape index (κ3) is 6.89. The summed E-state index contributed by atoms with van der Waals surface area (Å²) in [5, 5.41) is 23.1. The van der Waals surface area contributed by atoms with E-state index >= 15 is 0 Å². The van der Waals surface area contributed by atoms with Gasteiger partial charge in [-0.05, 0) is 38.3 Å². The summed E-state index contributed by atoms with van der Waals surface area (Å²) in [4.78, 5) is 12.2. The number of benzene rings is 1. The van der Waals surface area contributed by atoms with Gasteiger partial charge in [-0.3, -0.25) is 4.79 Å². The average Bonchev–Trinajstić information content (AvgIpc) is 2.63. The van der Waals surface area contributed by atoms with Crippen molar-refractivity contribution in [2.24, 2.45) is 0 Å². The van der Waals surface area contributed by atoms with Crippen LogP contribution in [0.15, 0.2) is 0 Å². The number of rotatable bonds is 12. The quantitative estimate of drug-likeness (QED) is 0.233. The lowest BCUT2D eigenvalue weighted by Crippen LogP contribution is -2.13. The third-order valence-electron chi connectivity index (χ3n) is 5.26. The van der Waals surface area contributed by atoms with Crippen molar-refractivity contribution in [1.82, 2.24) is 0 Å². The van der Waals surface area contributed by atoms with E-state index in [0.29, 0.717) is 28.8 Å². The average molecular weight is 364 g/mol. The molecule has 0 bridgehead atoms. The Morgan fingerprint density at radius 3 is 1.73 bits per heavy atom. The predicted octanol–water partition coefficient (Wildman–Crippen LogP) is 6.27. The van der Waals surface area contributed by atoms with Crippen LogP contribution in [0.1, 0.15) is 94.2 Å². The van der Waals surface area contributed by atoms with Crippen molar-refractivity contribution in [3.8, 4) is 11.5 Å². The molecule has 3 N–H and O–H groups in total. The Labute approximate surface area is 159 Å². The summed E-state index contributed by atoms with van der Waals surface area (Å²) in [5.74, 6) is 0.0781. The van der Waals surface area contributed by atoms with Crippen LogP contribution in [0.25, 0.3) is 0 Å². The standard InChI is InChI=1S/C22H37NO3/c1-5-6-7-8-9-10-11-12-13-14-15-19(24)23-20-18(4)21(25)16(2)17(3)22(20)26/h25-26H,5-15H2,1-4H3,(H,23,24). The fraction of sp³-hybridized carbons (Fsp3) is 0.682. The zero-order chi connectivity index (χ0) is 19.5. The van der Waals surface area contributed by atoms with Crippen LogP contribution in [0, 0.1) is 20.8 Å². The van der Waals surface area contributed by atoms with Crippen molar-refractivity contribution >= 4 is 11.6 Å². The minimum Gasteiger partial charge on any atom is -0.507 e. The third-order valence-corrected chi connectivity index (χ3v) is 5.26. The molecule has 0 aliphatic rings. The molecule has 0 aliphatic carbocycles. The second-order valence-electron chi connectivity index (χ2n) is 7.43. The van der Waals surface area contributed by atoms with Crippen LogP contribution in [0.4, 0.5) is 5.69 Å². The van der Waals surface area contributed by atoms with Gasteiger partial charge in [-0.1, -0.05) is 64.7 Å². The number of hydrogen-bond donors (Lipinski definition) is 3. The highest BCUT2D eigenvalue weighted by molar-refractivity contribution is 5.94. The minimum absolute atomic E-state index is 0.0502. The van der Waals surface area contributed by atoms with Gasteiger partial charge in [0, 0.05) is 12.0 Å². The number of aromatic hydroxyl groups is 2. The number of carbonyl (C=O) groups excluding carboxylic acids is 1. The number of carbonyl (C=O) groups is 1. The molecule has 0 aromatic heterocycles. The Morgan fingerprint density at radius 2 is 1.19 bits per heavy atom. The first-order chi connectivity index (χ1) is 12.4. The Balaban J connectivity index is 2.28. The summed E-state index contributed by atoms with van der Waals surface area (Å²) in [5.41, 5.74) is 2.10. The summed E-state index contributed by atoms with van der Waals surface area (Å²) in [6.07, 6.45) is 12.8. The largest absolute Gasteiger partial charge is 0.507 e. The lowest BCUT2D eigenvalue weighted by atomic mass is 10.0. The smallest absolute Gasteiger partial charge is 0.224 e. The van der Waals surface area contributed by atoms with Gasteiger partial charge in [0.2, 0.25) is 5.91 Å². The maximum Gasteiger partial charge on any atom is 0.224 e. The van der Waals surface area contributed by atoms with Crippen LogP contribution in [-0.2, 0) is 4.79 Å². The lowest BCUT2D eigenvalue weighted by molar-refractivity contribution is -0.116. The van der Waals surface area contributed by atoms with Crippen LogP contribution in [0.5, 0.6) is 11.5 Å². The Morgan fingerprint density at radius 1 is 0.731 bits per heavy atom. The number of amides is 1. The molecule has 1 rings (SSSR count). The van der Waals surface area contributed by atoms with Crippen molar-refractivity contribution in [2.75, 3.05) is 5.32 Å². The summed E-state index contributed by atoms with van der Waals surface area (Å²) >= 11 is 0. The van der Waals surface area contributed by atoms with E-state index in [9.17, 15) is 15.0 Å². The number of phenolic OH excluding ortho intramolecular Hbond substituents is 2. The van der Waals surface area contributed by atoms with Gasteiger partial charge in [0.05, 0.1) is 5.69 Å². The van der Waals surface area contributed by atoms with Crippen molar-refractivity contribution in [1.29, 1.82) is 0 Å². The number of nitrogens with one attached hydrogen (secondary N) is 1. The molecule has 0 aliphatic heterocycles. The molecule has 1 aromatic rings. The second-order valence-corrected chi connectivity index (χ2v) is 7.43. The van der Waals surface area contributed by atoms with E-state index in [2.05, 4.69) is 12.2 Å². The Kier molecular flexibility index (Phi) is 10.2. The van der Waals surface area contributed by atoms with E-state index < -0.39 is 0 Å². The fourth-order valence-corrected chi connectivity index (χ4v) is 3.25. The van der Waals surface area contributed by atoms with Crippen LogP contribution in [0.2, 0.25) is 0 Å². The van der Waals surface area contributed by atoms with E-state index in [4.69, 9.17) is 0 Å². The van der Waals surface area contributed by atoms with E-state index in [1.165, 1.54) is 51.4 Å². The normalized spacial score (nSPS) is 10.9. The molecule has 0 fully saturated rings. The van der Waals surface area contributed by atoms with E-state index in [1.54, 1.807) is 20.8 Å². The maximum atomic E-state index is 12.2. The van der Waals surface area contributed by atoms with Gasteiger partial charge >= 0.3 is 0 Å². The van der Waals surface area contributed by atoms with Crippen LogP contribution in [0.3, 0.4) is 0 Å². The molecule has 0 unspecified atom stereocenters. The van der Waals surface area contributed by atoms with Gasteiger partial charge in [0.15, 0.2) is 0 Å². The van der Waals surface area contributed by atoms with E-state index in [1.807, 2.05) is 0 Å². The molecule has 0 atom stereocenters. The van der Waals surface area contributed by atoms with Crippen LogP contribution in [-0.4, -0.2) is 16.1 Å². The van der Waals surface area contributed by atoms with Crippen molar-refractivity contribution in [3.05, 3.63) is 16.7 Å². The van der Waals surface area contributed by atoms with Crippen molar-refractivity contribution < 1.29 is 15.0 Å². The van der Waals surface area contributed by atoms with Gasteiger partial charge in [-0.15, -0.1) is 0 Å². The maximum absolute atomic E-state index is 12.2. The number of hydrogen-bond acceptors (Lipinski definition) is 3. The first kappa shape index (κ1) is 22.3. The van der Waals surface area contributed by atoms with Crippen LogP contribution < -0.4 is 5.32 Å². The molecule has 26 heavy (non-hydrogen) atoms. The molecule has 148 valence electrons. The highest BCUT2D eigenvalue weighted by Gasteiger charge is 2.17. The summed E-state index contributed by atoms with van der Waals surface area (Å²) in [6.45, 7) is 7.44. The first-order valence-electron chi connectivity index (χ1n) is 10.2. The molecule has 0 spiro atoms. The molecule has 0 radical (unpaired) electrons. The number of unbranched alkanes of at least 4 members (excludes halogenated alkanes) is 9. The zero-order valence-electron chi connectivity index (χ0n) is 17.1. The molecule has 0 saturated carbocycles. The van der Waals surface area contributed by atoms with Crippen LogP contribution >= 0.6 is 0 Å². The van der Waals surface area contributed by atoms with Gasteiger partial charge < -0.3 is 15.5 Å². The Bertz CT molecular complexity index is 552. The predicted molar refractivity (Wildman–Crippen MR) is 109 cm³/mol. The topological polar surface area (TPSA) is 69.6 Å². The Hall–Kier alpha value is -1.71. The first-order valence-corrected chi connectivity index (χ1v) is 10.2. The summed E-state index contributed by atoms with van der Waals surface area (Å²) in [6, 6.07) is 0. The summed E-state index contributed by atoms with van der Waals surface area (Å²) in [7, 11) is 0. The second kappa shape index (κ2) is 11.8. The minimum atomic E-state index is -0.106. The highest BCUT2D eigenvalue weighted by Crippen LogP contribution is 2.40. The molecular formula is C22H37NO3. The van der Waals surface area contributed by atoms with Gasteiger partial charge in [0.1, 0.15) is 11.5 Å². The van der Waals surface area contributed by atoms with Gasteiger partial charge in [-0.25, -0.2) is 0 Å². The zero-order valence-corrected chi connectivity index (χ0v) is 17.1. The molecule has 0 saturated heterocycles. The fourth-order valence-electron chi connectivity index (χ4n) is 3.25. The number of phenols is 2. The highest BCUT2D eigenvalue weighted by atomic mass is 16.3.